The zero-order valence-electron chi connectivity index (χ0n) is 8.95. The maximum atomic E-state index is 13.1. The van der Waals surface area contributed by atoms with Crippen LogP contribution in [0.4, 0.5) is 52.7 Å². The number of rotatable bonds is 4. The third kappa shape index (κ3) is 3.55. The molecule has 0 saturated carbocycles. The van der Waals surface area contributed by atoms with Crippen LogP contribution in [-0.4, -0.2) is 39.8 Å². The molecule has 0 saturated heterocycles. The highest BCUT2D eigenvalue weighted by Gasteiger charge is 2.83. The van der Waals surface area contributed by atoms with E-state index in [0.29, 0.717) is 0 Å². The molecule has 0 aliphatic rings. The molecule has 0 bridgehead atoms. The van der Waals surface area contributed by atoms with Crippen molar-refractivity contribution < 1.29 is 52.7 Å². The predicted octanol–water partition coefficient (Wildman–Crippen LogP) is 5.54. The van der Waals surface area contributed by atoms with Crippen molar-refractivity contribution in [3.05, 3.63) is 0 Å². The second-order valence-electron chi connectivity index (χ2n) is 3.61. The van der Waals surface area contributed by atoms with Crippen LogP contribution in [0.25, 0.3) is 0 Å². The zero-order valence-corrected chi connectivity index (χ0v) is 12.1. The zero-order chi connectivity index (χ0) is 17.7. The molecule has 0 aromatic heterocycles. The second kappa shape index (κ2) is 5.64. The van der Waals surface area contributed by atoms with E-state index in [1.165, 1.54) is 31.9 Å². The van der Waals surface area contributed by atoms with Crippen molar-refractivity contribution in [3.8, 4) is 0 Å². The summed E-state index contributed by atoms with van der Waals surface area (Å²) in [5, 5.41) is 0. The van der Waals surface area contributed by atoms with Gasteiger partial charge in [-0.25, -0.2) is 0 Å². The first-order chi connectivity index (χ1) is 8.82. The molecule has 2 atom stereocenters. The molecule has 0 N–H and O–H groups in total. The molecule has 0 aromatic rings. The molecule has 0 amide bonds. The van der Waals surface area contributed by atoms with Crippen molar-refractivity contribution in [2.24, 2.45) is 0 Å². The maximum absolute atomic E-state index is 13.1. The van der Waals surface area contributed by atoms with Gasteiger partial charge in [0.15, 0.2) is 0 Å². The molecule has 2 unspecified atom stereocenters. The van der Waals surface area contributed by atoms with E-state index in [4.69, 9.17) is 0 Å². The Bertz CT molecular complexity index is 369. The van der Waals surface area contributed by atoms with Gasteiger partial charge in [-0.3, -0.25) is 0 Å². The van der Waals surface area contributed by atoms with Crippen LogP contribution in [-0.2, 0) is 0 Å². The molecular weight excluding hydrogens is 472 g/mol. The fraction of sp³-hybridized carbons (Fsp3) is 1.00. The highest BCUT2D eigenvalue weighted by atomic mass is 79.9. The average molecular weight is 474 g/mol. The van der Waals surface area contributed by atoms with E-state index in [1.807, 2.05) is 0 Å². The lowest BCUT2D eigenvalue weighted by Crippen LogP contribution is -2.65. The van der Waals surface area contributed by atoms with Gasteiger partial charge in [0.05, 0.1) is 0 Å². The Labute approximate surface area is 125 Å². The standard InChI is InChI=1S/C7H2Br2F12/c8-1(2(9)4(12,13)14)3(10,11)5(15,16)6(17,18)7(19,20)21/h1-2H. The minimum atomic E-state index is -7.24. The van der Waals surface area contributed by atoms with E-state index in [2.05, 4.69) is 0 Å². The molecule has 0 spiro atoms. The number of hydrogen-bond donors (Lipinski definition) is 0. The van der Waals surface area contributed by atoms with E-state index in [-0.39, 0.29) is 0 Å². The Morgan fingerprint density at radius 2 is 0.857 bits per heavy atom. The number of halogens is 14. The van der Waals surface area contributed by atoms with Gasteiger partial charge in [0, 0.05) is 0 Å². The van der Waals surface area contributed by atoms with Crippen LogP contribution in [0.3, 0.4) is 0 Å². The molecule has 128 valence electrons. The normalized spacial score (nSPS) is 18.6. The molecule has 0 rings (SSSR count). The van der Waals surface area contributed by atoms with Gasteiger partial charge in [0.25, 0.3) is 0 Å². The molecule has 0 aromatic carbocycles. The molecule has 0 fully saturated rings. The lowest BCUT2D eigenvalue weighted by Gasteiger charge is -2.37. The highest BCUT2D eigenvalue weighted by molar-refractivity contribution is 9.12. The van der Waals surface area contributed by atoms with Gasteiger partial charge >= 0.3 is 30.1 Å². The first-order valence-corrected chi connectivity index (χ1v) is 6.20. The van der Waals surface area contributed by atoms with Crippen molar-refractivity contribution in [1.29, 1.82) is 0 Å². The largest absolute Gasteiger partial charge is 0.460 e. The number of hydrogen-bond acceptors (Lipinski definition) is 0. The van der Waals surface area contributed by atoms with Gasteiger partial charge in [0.2, 0.25) is 0 Å². The Morgan fingerprint density at radius 3 is 1.10 bits per heavy atom. The third-order valence-electron chi connectivity index (χ3n) is 2.08. The van der Waals surface area contributed by atoms with Crippen LogP contribution < -0.4 is 0 Å². The average Bonchev–Trinajstić information content (AvgIpc) is 2.23. The molecule has 0 radical (unpaired) electrons. The molecule has 21 heavy (non-hydrogen) atoms. The highest BCUT2D eigenvalue weighted by Crippen LogP contribution is 2.56. The lowest BCUT2D eigenvalue weighted by molar-refractivity contribution is -0.396. The van der Waals surface area contributed by atoms with Gasteiger partial charge in [0.1, 0.15) is 9.65 Å². The van der Waals surface area contributed by atoms with Crippen LogP contribution in [0.15, 0.2) is 0 Å². The van der Waals surface area contributed by atoms with Crippen molar-refractivity contribution in [3.63, 3.8) is 0 Å². The minimum absolute atomic E-state index is 1.40. The van der Waals surface area contributed by atoms with Crippen molar-refractivity contribution in [1.82, 2.24) is 0 Å². The molecule has 0 heterocycles. The second-order valence-corrected chi connectivity index (χ2v) is 5.59. The first-order valence-electron chi connectivity index (χ1n) is 4.36. The quantitative estimate of drug-likeness (QED) is 0.371. The maximum Gasteiger partial charge on any atom is 0.460 e. The summed E-state index contributed by atoms with van der Waals surface area (Å²) in [6, 6.07) is 0. The lowest BCUT2D eigenvalue weighted by atomic mass is 9.99. The topological polar surface area (TPSA) is 0 Å². The van der Waals surface area contributed by atoms with E-state index in [1.54, 1.807) is 0 Å². The number of alkyl halides is 14. The Kier molecular flexibility index (Phi) is 5.67. The van der Waals surface area contributed by atoms with Gasteiger partial charge in [-0.1, -0.05) is 31.9 Å². The Morgan fingerprint density at radius 1 is 0.524 bits per heavy atom. The van der Waals surface area contributed by atoms with Gasteiger partial charge in [-0.05, 0) is 0 Å². The monoisotopic (exact) mass is 472 g/mol. The summed E-state index contributed by atoms with van der Waals surface area (Å²) >= 11 is 2.90. The Hall–Kier alpha value is 0.120. The summed E-state index contributed by atoms with van der Waals surface area (Å²) in [5.41, 5.74) is 0. The summed E-state index contributed by atoms with van der Waals surface area (Å²) in [6.45, 7) is 0. The molecule has 14 heteroatoms. The van der Waals surface area contributed by atoms with Crippen LogP contribution >= 0.6 is 31.9 Å². The van der Waals surface area contributed by atoms with E-state index in [0.717, 1.165) is 0 Å². The molecule has 0 nitrogen and oxygen atoms in total. The smallest absolute Gasteiger partial charge is 0.198 e. The summed E-state index contributed by atoms with van der Waals surface area (Å²) in [7, 11) is 0. The summed E-state index contributed by atoms with van der Waals surface area (Å²) < 4.78 is 148. The van der Waals surface area contributed by atoms with Crippen molar-refractivity contribution >= 4 is 31.9 Å². The van der Waals surface area contributed by atoms with Crippen LogP contribution in [0.1, 0.15) is 0 Å². The molecule has 0 aliphatic carbocycles. The van der Waals surface area contributed by atoms with E-state index in [9.17, 15) is 52.7 Å². The van der Waals surface area contributed by atoms with Crippen LogP contribution in [0, 0.1) is 0 Å². The predicted molar refractivity (Wildman–Crippen MR) is 52.4 cm³/mol. The van der Waals surface area contributed by atoms with Gasteiger partial charge < -0.3 is 0 Å². The van der Waals surface area contributed by atoms with Crippen LogP contribution in [0.2, 0.25) is 0 Å². The Balaban J connectivity index is 5.79. The van der Waals surface area contributed by atoms with Gasteiger partial charge in [-0.15, -0.1) is 0 Å². The van der Waals surface area contributed by atoms with Gasteiger partial charge in [-0.2, -0.15) is 52.7 Å². The van der Waals surface area contributed by atoms with E-state index >= 15 is 0 Å². The molecular formula is C7H2Br2F12. The summed E-state index contributed by atoms with van der Waals surface area (Å²) in [6.07, 6.45) is -12.7. The SMILES string of the molecule is FC(F)(F)C(Br)C(Br)C(F)(F)C(F)(F)C(F)(F)C(F)(F)F. The fourth-order valence-electron chi connectivity index (χ4n) is 0.910. The first kappa shape index (κ1) is 21.1. The van der Waals surface area contributed by atoms with Crippen molar-refractivity contribution in [2.45, 2.75) is 39.8 Å². The third-order valence-corrected chi connectivity index (χ3v) is 4.95. The summed E-state index contributed by atoms with van der Waals surface area (Å²) in [4.78, 5) is -7.29. The fourth-order valence-corrected chi connectivity index (χ4v) is 1.83. The minimum Gasteiger partial charge on any atom is -0.198 e. The summed E-state index contributed by atoms with van der Waals surface area (Å²) in [5.74, 6) is -20.7. The van der Waals surface area contributed by atoms with E-state index < -0.39 is 39.8 Å². The molecule has 0 aliphatic heterocycles. The van der Waals surface area contributed by atoms with Crippen molar-refractivity contribution in [2.75, 3.05) is 0 Å². The van der Waals surface area contributed by atoms with Crippen LogP contribution in [0.5, 0.6) is 0 Å².